The van der Waals surface area contributed by atoms with Gasteiger partial charge in [0.1, 0.15) is 0 Å². The number of hydrogen-bond acceptors (Lipinski definition) is 5. The molecule has 0 saturated carbocycles. The lowest BCUT2D eigenvalue weighted by molar-refractivity contribution is -0.145. The number of fused-ring (bicyclic) bond motifs is 1. The van der Waals surface area contributed by atoms with E-state index in [1.807, 2.05) is 32.0 Å². The molecule has 0 amide bonds. The molecular formula is C13H17NO4. The summed E-state index contributed by atoms with van der Waals surface area (Å²) in [5.74, 6) is 1.02. The second kappa shape index (κ2) is 5.16. The molecule has 1 aliphatic rings. The van der Waals surface area contributed by atoms with E-state index in [4.69, 9.17) is 14.2 Å². The van der Waals surface area contributed by atoms with Crippen molar-refractivity contribution in [3.05, 3.63) is 18.2 Å². The molecule has 18 heavy (non-hydrogen) atoms. The molecule has 0 aliphatic carbocycles. The molecule has 2 rings (SSSR count). The molecule has 5 nitrogen and oxygen atoms in total. The molecule has 0 saturated heterocycles. The summed E-state index contributed by atoms with van der Waals surface area (Å²) in [6.07, 6.45) is 0. The van der Waals surface area contributed by atoms with Crippen molar-refractivity contribution in [2.24, 2.45) is 5.92 Å². The van der Waals surface area contributed by atoms with E-state index in [9.17, 15) is 4.79 Å². The molecule has 1 heterocycles. The Morgan fingerprint density at radius 2 is 2.06 bits per heavy atom. The van der Waals surface area contributed by atoms with Crippen LogP contribution in [-0.2, 0) is 9.53 Å². The third-order valence-electron chi connectivity index (χ3n) is 3.09. The summed E-state index contributed by atoms with van der Waals surface area (Å²) in [5, 5.41) is 3.25. The van der Waals surface area contributed by atoms with Crippen molar-refractivity contribution < 1.29 is 19.0 Å². The monoisotopic (exact) mass is 251 g/mol. The van der Waals surface area contributed by atoms with Crippen LogP contribution in [-0.4, -0.2) is 25.9 Å². The van der Waals surface area contributed by atoms with E-state index in [0.29, 0.717) is 0 Å². The molecule has 0 fully saturated rings. The van der Waals surface area contributed by atoms with Gasteiger partial charge < -0.3 is 19.5 Å². The van der Waals surface area contributed by atoms with Gasteiger partial charge in [-0.1, -0.05) is 0 Å². The summed E-state index contributed by atoms with van der Waals surface area (Å²) < 4.78 is 15.3. The number of esters is 1. The summed E-state index contributed by atoms with van der Waals surface area (Å²) in [7, 11) is 1.39. The lowest BCUT2D eigenvalue weighted by atomic mass is 10.0. The maximum atomic E-state index is 11.4. The number of ether oxygens (including phenoxy) is 3. The van der Waals surface area contributed by atoms with Crippen LogP contribution < -0.4 is 14.8 Å². The number of nitrogens with one attached hydrogen (secondary N) is 1. The Morgan fingerprint density at radius 1 is 1.33 bits per heavy atom. The van der Waals surface area contributed by atoms with Crippen molar-refractivity contribution in [2.45, 2.75) is 19.9 Å². The molecule has 1 aromatic carbocycles. The fraction of sp³-hybridized carbons (Fsp3) is 0.462. The van der Waals surface area contributed by atoms with Crippen LogP contribution in [0, 0.1) is 5.92 Å². The molecule has 98 valence electrons. The first-order valence-corrected chi connectivity index (χ1v) is 5.86. The number of carbonyl (C=O) groups excluding carboxylic acids is 1. The first-order valence-electron chi connectivity index (χ1n) is 5.86. The lowest BCUT2D eigenvalue weighted by Crippen LogP contribution is -2.30. The van der Waals surface area contributed by atoms with Crippen LogP contribution in [0.1, 0.15) is 13.8 Å². The standard InChI is InChI=1S/C13H17NO4/c1-8(13(15)16-3)9(2)14-10-4-5-11-12(6-10)18-7-17-11/h4-6,8-9,14H,7H2,1-3H3. The maximum absolute atomic E-state index is 11.4. The van der Waals surface area contributed by atoms with Gasteiger partial charge >= 0.3 is 5.97 Å². The SMILES string of the molecule is COC(=O)C(C)C(C)Nc1ccc2c(c1)OCO2. The van der Waals surface area contributed by atoms with Crippen molar-refractivity contribution in [3.63, 3.8) is 0 Å². The van der Waals surface area contributed by atoms with E-state index >= 15 is 0 Å². The molecule has 0 spiro atoms. The topological polar surface area (TPSA) is 56.8 Å². The van der Waals surface area contributed by atoms with Gasteiger partial charge in [0, 0.05) is 17.8 Å². The average molecular weight is 251 g/mol. The van der Waals surface area contributed by atoms with Crippen LogP contribution in [0.2, 0.25) is 0 Å². The zero-order valence-corrected chi connectivity index (χ0v) is 10.7. The molecule has 2 unspecified atom stereocenters. The van der Waals surface area contributed by atoms with Crippen LogP contribution >= 0.6 is 0 Å². The second-order valence-corrected chi connectivity index (χ2v) is 4.31. The fourth-order valence-electron chi connectivity index (χ4n) is 1.76. The molecule has 2 atom stereocenters. The molecular weight excluding hydrogens is 234 g/mol. The quantitative estimate of drug-likeness (QED) is 0.830. The Balaban J connectivity index is 2.03. The third kappa shape index (κ3) is 2.50. The van der Waals surface area contributed by atoms with Gasteiger partial charge in [0.2, 0.25) is 6.79 Å². The van der Waals surface area contributed by atoms with E-state index in [2.05, 4.69) is 5.32 Å². The summed E-state index contributed by atoms with van der Waals surface area (Å²) in [4.78, 5) is 11.4. The fourth-order valence-corrected chi connectivity index (χ4v) is 1.76. The lowest BCUT2D eigenvalue weighted by Gasteiger charge is -2.20. The zero-order valence-electron chi connectivity index (χ0n) is 10.7. The average Bonchev–Trinajstić information content (AvgIpc) is 2.84. The minimum absolute atomic E-state index is 0.0298. The van der Waals surface area contributed by atoms with Gasteiger partial charge in [-0.2, -0.15) is 0 Å². The highest BCUT2D eigenvalue weighted by Gasteiger charge is 2.21. The first-order chi connectivity index (χ1) is 8.61. The number of rotatable bonds is 4. The molecule has 1 aromatic rings. The van der Waals surface area contributed by atoms with Gasteiger partial charge in [0.25, 0.3) is 0 Å². The number of anilines is 1. The van der Waals surface area contributed by atoms with Crippen LogP contribution in [0.3, 0.4) is 0 Å². The van der Waals surface area contributed by atoms with E-state index in [0.717, 1.165) is 17.2 Å². The Hall–Kier alpha value is -1.91. The van der Waals surface area contributed by atoms with Crippen molar-refractivity contribution >= 4 is 11.7 Å². The normalized spacial score (nSPS) is 15.9. The van der Waals surface area contributed by atoms with Crippen LogP contribution in [0.15, 0.2) is 18.2 Å². The molecule has 0 aromatic heterocycles. The summed E-state index contributed by atoms with van der Waals surface area (Å²) >= 11 is 0. The van der Waals surface area contributed by atoms with E-state index in [1.54, 1.807) is 0 Å². The largest absolute Gasteiger partial charge is 0.469 e. The Labute approximate surface area is 106 Å². The predicted octanol–water partition coefficient (Wildman–Crippen LogP) is 2.02. The second-order valence-electron chi connectivity index (χ2n) is 4.31. The molecule has 1 N–H and O–H groups in total. The highest BCUT2D eigenvalue weighted by molar-refractivity contribution is 5.73. The van der Waals surface area contributed by atoms with Crippen LogP contribution in [0.5, 0.6) is 11.5 Å². The van der Waals surface area contributed by atoms with Crippen molar-refractivity contribution in [3.8, 4) is 11.5 Å². The molecule has 1 aliphatic heterocycles. The number of hydrogen-bond donors (Lipinski definition) is 1. The summed E-state index contributed by atoms with van der Waals surface area (Å²) in [6, 6.07) is 5.58. The highest BCUT2D eigenvalue weighted by Crippen LogP contribution is 2.34. The van der Waals surface area contributed by atoms with Crippen molar-refractivity contribution in [1.82, 2.24) is 0 Å². The zero-order chi connectivity index (χ0) is 13.1. The minimum atomic E-state index is -0.226. The summed E-state index contributed by atoms with van der Waals surface area (Å²) in [5.41, 5.74) is 0.891. The van der Waals surface area contributed by atoms with Gasteiger partial charge in [0.15, 0.2) is 11.5 Å². The predicted molar refractivity (Wildman–Crippen MR) is 66.8 cm³/mol. The van der Waals surface area contributed by atoms with Crippen molar-refractivity contribution in [2.75, 3.05) is 19.2 Å². The van der Waals surface area contributed by atoms with E-state index in [1.165, 1.54) is 7.11 Å². The molecule has 5 heteroatoms. The van der Waals surface area contributed by atoms with E-state index in [-0.39, 0.29) is 24.7 Å². The third-order valence-corrected chi connectivity index (χ3v) is 3.09. The Morgan fingerprint density at radius 3 is 2.78 bits per heavy atom. The molecule has 0 radical (unpaired) electrons. The van der Waals surface area contributed by atoms with Gasteiger partial charge in [-0.05, 0) is 26.0 Å². The van der Waals surface area contributed by atoms with Crippen molar-refractivity contribution in [1.29, 1.82) is 0 Å². The van der Waals surface area contributed by atoms with Gasteiger partial charge in [-0.3, -0.25) is 4.79 Å². The van der Waals surface area contributed by atoms with E-state index < -0.39 is 0 Å². The highest BCUT2D eigenvalue weighted by atomic mass is 16.7. The number of benzene rings is 1. The summed E-state index contributed by atoms with van der Waals surface area (Å²) in [6.45, 7) is 4.02. The Kier molecular flexibility index (Phi) is 3.60. The molecule has 0 bridgehead atoms. The minimum Gasteiger partial charge on any atom is -0.469 e. The van der Waals surface area contributed by atoms with Crippen LogP contribution in [0.25, 0.3) is 0 Å². The maximum Gasteiger partial charge on any atom is 0.310 e. The number of carbonyl (C=O) groups is 1. The van der Waals surface area contributed by atoms with Gasteiger partial charge in [-0.15, -0.1) is 0 Å². The number of methoxy groups -OCH3 is 1. The Bertz CT molecular complexity index is 447. The van der Waals surface area contributed by atoms with Gasteiger partial charge in [-0.25, -0.2) is 0 Å². The van der Waals surface area contributed by atoms with Gasteiger partial charge in [0.05, 0.1) is 13.0 Å². The first kappa shape index (κ1) is 12.5. The van der Waals surface area contributed by atoms with Crippen LogP contribution in [0.4, 0.5) is 5.69 Å². The smallest absolute Gasteiger partial charge is 0.310 e.